The third-order valence-corrected chi connectivity index (χ3v) is 5.25. The molecule has 0 atom stereocenters. The second kappa shape index (κ2) is 5.15. The highest BCUT2D eigenvalue weighted by Crippen LogP contribution is 2.51. The lowest BCUT2D eigenvalue weighted by Crippen LogP contribution is -2.09. The van der Waals surface area contributed by atoms with Crippen LogP contribution >= 0.6 is 34.0 Å². The molecule has 2 heterocycles. The number of nitrogens with zero attached hydrogens (tertiary/aromatic N) is 3. The first-order chi connectivity index (χ1) is 9.89. The SMILES string of the molecule is Cc1ccc(S(O)(O)n2ccc3c(Cl)nc(Cl)nc32)cc1. The average molecular weight is 344 g/mol. The molecule has 0 aliphatic carbocycles. The van der Waals surface area contributed by atoms with Crippen molar-refractivity contribution in [2.75, 3.05) is 0 Å². The highest BCUT2D eigenvalue weighted by Gasteiger charge is 2.22. The van der Waals surface area contributed by atoms with E-state index in [4.69, 9.17) is 23.2 Å². The molecule has 0 unspecified atom stereocenters. The quantitative estimate of drug-likeness (QED) is 0.526. The van der Waals surface area contributed by atoms with E-state index in [1.807, 2.05) is 19.1 Å². The van der Waals surface area contributed by atoms with Gasteiger partial charge in [0.05, 0.1) is 10.3 Å². The molecular formula is C13H11Cl2N3O2S. The second-order valence-corrected chi connectivity index (χ2v) is 7.09. The molecular weight excluding hydrogens is 333 g/mol. The zero-order valence-electron chi connectivity index (χ0n) is 10.9. The van der Waals surface area contributed by atoms with Crippen molar-refractivity contribution in [2.24, 2.45) is 0 Å². The molecule has 3 aromatic rings. The van der Waals surface area contributed by atoms with Crippen LogP contribution in [0.5, 0.6) is 0 Å². The van der Waals surface area contributed by atoms with Gasteiger partial charge in [-0.25, -0.2) is 8.96 Å². The molecule has 110 valence electrons. The molecule has 5 nitrogen and oxygen atoms in total. The summed E-state index contributed by atoms with van der Waals surface area (Å²) in [6.07, 6.45) is 1.51. The first kappa shape index (κ1) is 14.6. The van der Waals surface area contributed by atoms with E-state index >= 15 is 0 Å². The van der Waals surface area contributed by atoms with Crippen molar-refractivity contribution >= 4 is 45.0 Å². The van der Waals surface area contributed by atoms with Crippen LogP contribution in [0.3, 0.4) is 0 Å². The Morgan fingerprint density at radius 3 is 2.38 bits per heavy atom. The van der Waals surface area contributed by atoms with Crippen LogP contribution in [-0.2, 0) is 0 Å². The molecule has 21 heavy (non-hydrogen) atoms. The van der Waals surface area contributed by atoms with E-state index in [0.717, 1.165) is 5.56 Å². The van der Waals surface area contributed by atoms with E-state index in [1.165, 1.54) is 10.2 Å². The van der Waals surface area contributed by atoms with Gasteiger partial charge in [0.15, 0.2) is 5.65 Å². The minimum absolute atomic E-state index is 0.0495. The van der Waals surface area contributed by atoms with Crippen LogP contribution in [0.25, 0.3) is 11.0 Å². The molecule has 0 radical (unpaired) electrons. The maximum absolute atomic E-state index is 10.6. The van der Waals surface area contributed by atoms with Gasteiger partial charge in [-0.1, -0.05) is 40.1 Å². The zero-order chi connectivity index (χ0) is 15.2. The molecule has 0 bridgehead atoms. The van der Waals surface area contributed by atoms with E-state index in [9.17, 15) is 9.11 Å². The number of rotatable bonds is 2. The Hall–Kier alpha value is -1.31. The van der Waals surface area contributed by atoms with Crippen LogP contribution in [0.4, 0.5) is 0 Å². The molecule has 2 aromatic heterocycles. The van der Waals surface area contributed by atoms with Crippen molar-refractivity contribution in [1.82, 2.24) is 13.9 Å². The van der Waals surface area contributed by atoms with Gasteiger partial charge in [0.25, 0.3) is 0 Å². The van der Waals surface area contributed by atoms with E-state index in [2.05, 4.69) is 9.97 Å². The van der Waals surface area contributed by atoms with Gasteiger partial charge < -0.3 is 0 Å². The van der Waals surface area contributed by atoms with Gasteiger partial charge >= 0.3 is 0 Å². The summed E-state index contributed by atoms with van der Waals surface area (Å²) in [5.41, 5.74) is 1.31. The largest absolute Gasteiger partial charge is 0.277 e. The Labute approximate surface area is 132 Å². The highest BCUT2D eigenvalue weighted by atomic mass is 35.5. The first-order valence-electron chi connectivity index (χ1n) is 5.95. The molecule has 0 fully saturated rings. The number of fused-ring (bicyclic) bond motifs is 1. The van der Waals surface area contributed by atoms with Gasteiger partial charge in [0.1, 0.15) is 5.15 Å². The predicted octanol–water partition coefficient (Wildman–Crippen LogP) is 4.62. The number of benzene rings is 1. The molecule has 0 aliphatic rings. The van der Waals surface area contributed by atoms with Crippen LogP contribution in [0.2, 0.25) is 10.4 Å². The monoisotopic (exact) mass is 343 g/mol. The van der Waals surface area contributed by atoms with E-state index < -0.39 is 10.8 Å². The third kappa shape index (κ3) is 2.49. The number of halogens is 2. The van der Waals surface area contributed by atoms with Crippen LogP contribution < -0.4 is 0 Å². The van der Waals surface area contributed by atoms with Crippen molar-refractivity contribution in [1.29, 1.82) is 0 Å². The van der Waals surface area contributed by atoms with Crippen LogP contribution in [0.15, 0.2) is 41.4 Å². The molecule has 8 heteroatoms. The van der Waals surface area contributed by atoms with Crippen LogP contribution in [0.1, 0.15) is 5.56 Å². The number of aromatic nitrogens is 3. The van der Waals surface area contributed by atoms with Crippen molar-refractivity contribution in [3.63, 3.8) is 0 Å². The van der Waals surface area contributed by atoms with Crippen molar-refractivity contribution in [3.05, 3.63) is 52.5 Å². The Bertz CT molecular complexity index is 818. The number of hydrogen-bond acceptors (Lipinski definition) is 4. The zero-order valence-corrected chi connectivity index (χ0v) is 13.2. The lowest BCUT2D eigenvalue weighted by molar-refractivity contribution is 0.477. The average Bonchev–Trinajstić information content (AvgIpc) is 2.83. The van der Waals surface area contributed by atoms with Gasteiger partial charge in [0, 0.05) is 6.20 Å². The summed E-state index contributed by atoms with van der Waals surface area (Å²) >= 11 is 11.8. The molecule has 3 rings (SSSR count). The molecule has 0 saturated carbocycles. The fourth-order valence-corrected chi connectivity index (χ4v) is 3.74. The summed E-state index contributed by atoms with van der Waals surface area (Å²) in [6.45, 7) is 1.92. The van der Waals surface area contributed by atoms with E-state index in [0.29, 0.717) is 10.3 Å². The van der Waals surface area contributed by atoms with E-state index in [-0.39, 0.29) is 16.1 Å². The number of aryl methyl sites for hydroxylation is 1. The highest BCUT2D eigenvalue weighted by molar-refractivity contribution is 8.23. The van der Waals surface area contributed by atoms with Crippen molar-refractivity contribution in [3.8, 4) is 0 Å². The Balaban J connectivity index is 2.21. The van der Waals surface area contributed by atoms with Crippen molar-refractivity contribution < 1.29 is 9.11 Å². The lowest BCUT2D eigenvalue weighted by atomic mass is 10.2. The summed E-state index contributed by atoms with van der Waals surface area (Å²) in [4.78, 5) is 8.26. The summed E-state index contributed by atoms with van der Waals surface area (Å²) in [6, 6.07) is 8.58. The molecule has 0 aliphatic heterocycles. The van der Waals surface area contributed by atoms with Gasteiger partial charge in [-0.2, -0.15) is 4.98 Å². The Morgan fingerprint density at radius 1 is 1.05 bits per heavy atom. The number of hydrogen-bond donors (Lipinski definition) is 2. The predicted molar refractivity (Wildman–Crippen MR) is 85.2 cm³/mol. The first-order valence-corrected chi connectivity index (χ1v) is 8.21. The molecule has 0 spiro atoms. The summed E-state index contributed by atoms with van der Waals surface area (Å²) in [5, 5.41) is 0.627. The van der Waals surface area contributed by atoms with Gasteiger partial charge in [-0.05, 0) is 36.7 Å². The Kier molecular flexibility index (Phi) is 3.59. The summed E-state index contributed by atoms with van der Waals surface area (Å²) in [7, 11) is -3.26. The Morgan fingerprint density at radius 2 is 1.71 bits per heavy atom. The molecule has 1 aromatic carbocycles. The molecule has 0 amide bonds. The fraction of sp³-hybridized carbons (Fsp3) is 0.0769. The van der Waals surface area contributed by atoms with Gasteiger partial charge in [0.2, 0.25) is 5.28 Å². The van der Waals surface area contributed by atoms with Crippen molar-refractivity contribution in [2.45, 2.75) is 11.8 Å². The fourth-order valence-electron chi connectivity index (χ4n) is 1.97. The summed E-state index contributed by atoms with van der Waals surface area (Å²) in [5.74, 6) is 0. The second-order valence-electron chi connectivity index (χ2n) is 4.49. The van der Waals surface area contributed by atoms with Crippen LogP contribution in [-0.4, -0.2) is 23.0 Å². The summed E-state index contributed by atoms with van der Waals surface area (Å²) < 4.78 is 22.4. The smallest absolute Gasteiger partial charge is 0.225 e. The molecule has 2 N–H and O–H groups in total. The van der Waals surface area contributed by atoms with Gasteiger partial charge in [-0.15, -0.1) is 0 Å². The normalized spacial score (nSPS) is 12.8. The minimum Gasteiger partial charge on any atom is -0.277 e. The third-order valence-electron chi connectivity index (χ3n) is 3.05. The standard InChI is InChI=1S/C13H11Cl2N3O2S/c1-8-2-4-9(5-3-8)21(19,20)18-7-6-10-11(14)16-13(15)17-12(10)18/h2-7,19-20H,1H3. The van der Waals surface area contributed by atoms with E-state index in [1.54, 1.807) is 18.2 Å². The lowest BCUT2D eigenvalue weighted by Gasteiger charge is -2.33. The minimum atomic E-state index is -3.26. The van der Waals surface area contributed by atoms with Gasteiger partial charge in [-0.3, -0.25) is 9.11 Å². The maximum Gasteiger partial charge on any atom is 0.225 e. The maximum atomic E-state index is 10.6. The van der Waals surface area contributed by atoms with Crippen LogP contribution in [0, 0.1) is 6.92 Å². The molecule has 0 saturated heterocycles. The topological polar surface area (TPSA) is 71.2 Å².